The molecule has 0 radical (unpaired) electrons. The molecule has 0 heterocycles. The molecule has 0 N–H and O–H groups in total. The maximum absolute atomic E-state index is 3.97. The summed E-state index contributed by atoms with van der Waals surface area (Å²) in [4.78, 5) is 2.30. The average molecular weight is 169 g/mol. The van der Waals surface area contributed by atoms with Gasteiger partial charge >= 0.3 is 0 Å². The first-order valence-electron chi connectivity index (χ1n) is 4.89. The molecule has 1 heteroatoms. The van der Waals surface area contributed by atoms with E-state index in [9.17, 15) is 0 Å². The van der Waals surface area contributed by atoms with E-state index in [1.165, 1.54) is 18.5 Å². The first-order chi connectivity index (χ1) is 5.50. The zero-order valence-electron chi connectivity index (χ0n) is 9.22. The smallest absolute Gasteiger partial charge is 0.0306 e. The van der Waals surface area contributed by atoms with E-state index in [1.807, 2.05) is 0 Å². The highest BCUT2D eigenvalue weighted by Gasteiger charge is 2.16. The zero-order valence-corrected chi connectivity index (χ0v) is 9.22. The summed E-state index contributed by atoms with van der Waals surface area (Å²) in [7, 11) is 2.14. The third kappa shape index (κ3) is 3.29. The molecule has 0 bridgehead atoms. The molecule has 1 unspecified atom stereocenters. The van der Waals surface area contributed by atoms with E-state index in [0.29, 0.717) is 12.0 Å². The summed E-state index contributed by atoms with van der Waals surface area (Å²) in [6.45, 7) is 12.8. The van der Waals surface area contributed by atoms with E-state index in [4.69, 9.17) is 0 Å². The minimum absolute atomic E-state index is 0.660. The van der Waals surface area contributed by atoms with Crippen LogP contribution < -0.4 is 0 Å². The summed E-state index contributed by atoms with van der Waals surface area (Å²) in [5.41, 5.74) is 1.17. The van der Waals surface area contributed by atoms with Crippen molar-refractivity contribution in [2.24, 2.45) is 5.92 Å². The molecule has 0 amide bonds. The highest BCUT2D eigenvalue weighted by atomic mass is 15.1. The van der Waals surface area contributed by atoms with Crippen LogP contribution in [0.3, 0.4) is 0 Å². The van der Waals surface area contributed by atoms with Crippen LogP contribution in [0.15, 0.2) is 12.3 Å². The average Bonchev–Trinajstić information content (AvgIpc) is 1.98. The van der Waals surface area contributed by atoms with Gasteiger partial charge in [-0.2, -0.15) is 0 Å². The van der Waals surface area contributed by atoms with Crippen LogP contribution in [0.25, 0.3) is 0 Å². The van der Waals surface area contributed by atoms with Crippen LogP contribution in [0.1, 0.15) is 40.5 Å². The van der Waals surface area contributed by atoms with Crippen LogP contribution in [-0.2, 0) is 0 Å². The van der Waals surface area contributed by atoms with Crippen molar-refractivity contribution in [3.05, 3.63) is 12.3 Å². The van der Waals surface area contributed by atoms with Crippen molar-refractivity contribution in [2.75, 3.05) is 7.05 Å². The van der Waals surface area contributed by atoms with Gasteiger partial charge in [0.2, 0.25) is 0 Å². The van der Waals surface area contributed by atoms with E-state index >= 15 is 0 Å². The van der Waals surface area contributed by atoms with E-state index < -0.39 is 0 Å². The molecule has 0 aromatic rings. The first kappa shape index (κ1) is 11.5. The van der Waals surface area contributed by atoms with E-state index in [1.54, 1.807) is 0 Å². The molecule has 0 rings (SSSR count). The summed E-state index contributed by atoms with van der Waals surface area (Å²) >= 11 is 0. The van der Waals surface area contributed by atoms with Gasteiger partial charge in [0.05, 0.1) is 0 Å². The summed E-state index contributed by atoms with van der Waals surface area (Å²) in [6.07, 6.45) is 2.52. The SMILES string of the molecule is C=C(C)N(C)C(CCC)C(C)C. The van der Waals surface area contributed by atoms with Gasteiger partial charge in [-0.15, -0.1) is 0 Å². The first-order valence-corrected chi connectivity index (χ1v) is 4.89. The van der Waals surface area contributed by atoms with Gasteiger partial charge in [-0.25, -0.2) is 0 Å². The van der Waals surface area contributed by atoms with E-state index in [-0.39, 0.29) is 0 Å². The van der Waals surface area contributed by atoms with Crippen molar-refractivity contribution >= 4 is 0 Å². The van der Waals surface area contributed by atoms with Crippen molar-refractivity contribution in [3.8, 4) is 0 Å². The van der Waals surface area contributed by atoms with E-state index in [2.05, 4.69) is 46.2 Å². The molecule has 1 atom stereocenters. The molecule has 12 heavy (non-hydrogen) atoms. The van der Waals surface area contributed by atoms with Gasteiger partial charge in [0.15, 0.2) is 0 Å². The molecule has 0 aromatic carbocycles. The third-order valence-electron chi connectivity index (χ3n) is 2.45. The van der Waals surface area contributed by atoms with Crippen molar-refractivity contribution in [1.29, 1.82) is 0 Å². The fourth-order valence-electron chi connectivity index (χ4n) is 1.55. The van der Waals surface area contributed by atoms with Gasteiger partial charge in [-0.1, -0.05) is 33.8 Å². The zero-order chi connectivity index (χ0) is 9.72. The maximum Gasteiger partial charge on any atom is 0.0306 e. The fourth-order valence-corrected chi connectivity index (χ4v) is 1.55. The number of nitrogens with zero attached hydrogens (tertiary/aromatic N) is 1. The second-order valence-corrected chi connectivity index (χ2v) is 3.95. The van der Waals surface area contributed by atoms with Crippen LogP contribution in [0.4, 0.5) is 0 Å². The Morgan fingerprint density at radius 1 is 1.42 bits per heavy atom. The Morgan fingerprint density at radius 3 is 2.17 bits per heavy atom. The predicted octanol–water partition coefficient (Wildman–Crippen LogP) is 3.28. The predicted molar refractivity (Wildman–Crippen MR) is 56.1 cm³/mol. The molecule has 1 nitrogen and oxygen atoms in total. The number of allylic oxidation sites excluding steroid dienone is 1. The molecular weight excluding hydrogens is 146 g/mol. The second kappa shape index (κ2) is 5.23. The Balaban J connectivity index is 4.18. The lowest BCUT2D eigenvalue weighted by Gasteiger charge is -2.33. The maximum atomic E-state index is 3.97. The number of hydrogen-bond acceptors (Lipinski definition) is 1. The molecule has 0 fully saturated rings. The third-order valence-corrected chi connectivity index (χ3v) is 2.45. The standard InChI is InChI=1S/C11H23N/c1-7-8-11(9(2)3)12(6)10(4)5/h9,11H,4,7-8H2,1-3,5-6H3. The van der Waals surface area contributed by atoms with Gasteiger partial charge in [-0.3, -0.25) is 0 Å². The van der Waals surface area contributed by atoms with Gasteiger partial charge in [-0.05, 0) is 19.3 Å². The lowest BCUT2D eigenvalue weighted by molar-refractivity contribution is 0.226. The van der Waals surface area contributed by atoms with Crippen LogP contribution >= 0.6 is 0 Å². The number of hydrogen-bond donors (Lipinski definition) is 0. The van der Waals surface area contributed by atoms with Crippen LogP contribution in [0, 0.1) is 5.92 Å². The second-order valence-electron chi connectivity index (χ2n) is 3.95. The largest absolute Gasteiger partial charge is 0.375 e. The summed E-state index contributed by atoms with van der Waals surface area (Å²) < 4.78 is 0. The van der Waals surface area contributed by atoms with Crippen LogP contribution in [0.2, 0.25) is 0 Å². The highest BCUT2D eigenvalue weighted by molar-refractivity contribution is 4.91. The Morgan fingerprint density at radius 2 is 1.92 bits per heavy atom. The van der Waals surface area contributed by atoms with E-state index in [0.717, 1.165) is 0 Å². The molecular formula is C11H23N. The molecule has 0 spiro atoms. The molecule has 0 saturated carbocycles. The molecule has 0 saturated heterocycles. The lowest BCUT2D eigenvalue weighted by atomic mass is 9.98. The molecule has 72 valence electrons. The Labute approximate surface area is 77.5 Å². The Kier molecular flexibility index (Phi) is 5.03. The van der Waals surface area contributed by atoms with Crippen molar-refractivity contribution in [1.82, 2.24) is 4.90 Å². The molecule has 0 aromatic heterocycles. The quantitative estimate of drug-likeness (QED) is 0.610. The van der Waals surface area contributed by atoms with Gasteiger partial charge < -0.3 is 4.90 Å². The van der Waals surface area contributed by atoms with Gasteiger partial charge in [0, 0.05) is 18.8 Å². The summed E-state index contributed by atoms with van der Waals surface area (Å²) in [5, 5.41) is 0. The fraction of sp³-hybridized carbons (Fsp3) is 0.818. The van der Waals surface area contributed by atoms with Crippen molar-refractivity contribution in [2.45, 2.75) is 46.6 Å². The topological polar surface area (TPSA) is 3.24 Å². The number of rotatable bonds is 5. The minimum Gasteiger partial charge on any atom is -0.375 e. The summed E-state index contributed by atoms with van der Waals surface area (Å²) in [5.74, 6) is 0.714. The monoisotopic (exact) mass is 169 g/mol. The van der Waals surface area contributed by atoms with Crippen LogP contribution in [0.5, 0.6) is 0 Å². The Hall–Kier alpha value is -0.460. The molecule has 0 aliphatic rings. The van der Waals surface area contributed by atoms with Crippen LogP contribution in [-0.4, -0.2) is 18.0 Å². The van der Waals surface area contributed by atoms with Gasteiger partial charge in [0.1, 0.15) is 0 Å². The summed E-state index contributed by atoms with van der Waals surface area (Å²) in [6, 6.07) is 0.660. The van der Waals surface area contributed by atoms with Gasteiger partial charge in [0.25, 0.3) is 0 Å². The Bertz CT molecular complexity index is 138. The molecule has 0 aliphatic heterocycles. The normalized spacial score (nSPS) is 13.2. The van der Waals surface area contributed by atoms with Crippen molar-refractivity contribution < 1.29 is 0 Å². The molecule has 0 aliphatic carbocycles. The lowest BCUT2D eigenvalue weighted by Crippen LogP contribution is -2.34. The minimum atomic E-state index is 0.660. The van der Waals surface area contributed by atoms with Crippen molar-refractivity contribution in [3.63, 3.8) is 0 Å². The highest BCUT2D eigenvalue weighted by Crippen LogP contribution is 2.17.